The molecule has 100 valence electrons. The highest BCUT2D eigenvalue weighted by Crippen LogP contribution is 2.19. The van der Waals surface area contributed by atoms with Gasteiger partial charge in [-0.3, -0.25) is 0 Å². The number of halogens is 1. The SMILES string of the molecule is CCOC(=O)C1=C(F)CN(N2CCNCC2)C=C1. The van der Waals surface area contributed by atoms with Crippen molar-refractivity contribution in [3.8, 4) is 0 Å². The molecule has 0 aromatic heterocycles. The number of hydrogen-bond donors (Lipinski definition) is 1. The molecular weight excluding hydrogens is 237 g/mol. The van der Waals surface area contributed by atoms with Crippen LogP contribution in [-0.2, 0) is 9.53 Å². The van der Waals surface area contributed by atoms with Gasteiger partial charge in [0.05, 0.1) is 18.7 Å². The Morgan fingerprint density at radius 2 is 2.22 bits per heavy atom. The Balaban J connectivity index is 1.99. The van der Waals surface area contributed by atoms with Crippen LogP contribution in [0.25, 0.3) is 0 Å². The van der Waals surface area contributed by atoms with Gasteiger partial charge in [-0.2, -0.15) is 0 Å². The fourth-order valence-corrected chi connectivity index (χ4v) is 2.02. The van der Waals surface area contributed by atoms with Gasteiger partial charge in [-0.05, 0) is 13.0 Å². The number of esters is 1. The van der Waals surface area contributed by atoms with Gasteiger partial charge >= 0.3 is 5.97 Å². The summed E-state index contributed by atoms with van der Waals surface area (Å²) in [5.74, 6) is -1.03. The molecule has 0 spiro atoms. The average Bonchev–Trinajstić information content (AvgIpc) is 2.40. The summed E-state index contributed by atoms with van der Waals surface area (Å²) in [6.07, 6.45) is 3.22. The van der Waals surface area contributed by atoms with Crippen molar-refractivity contribution in [1.29, 1.82) is 0 Å². The summed E-state index contributed by atoms with van der Waals surface area (Å²) in [5, 5.41) is 7.10. The number of carbonyl (C=O) groups excluding carboxylic acids is 1. The Kier molecular flexibility index (Phi) is 4.33. The number of carbonyl (C=O) groups is 1. The number of rotatable bonds is 3. The first-order valence-corrected chi connectivity index (χ1v) is 6.18. The van der Waals surface area contributed by atoms with Gasteiger partial charge in [0.1, 0.15) is 5.83 Å². The van der Waals surface area contributed by atoms with Gasteiger partial charge in [0, 0.05) is 32.4 Å². The molecule has 0 radical (unpaired) electrons. The molecule has 0 atom stereocenters. The number of nitrogens with zero attached hydrogens (tertiary/aromatic N) is 2. The predicted octanol–water partition coefficient (Wildman–Crippen LogP) is 0.423. The highest BCUT2D eigenvalue weighted by atomic mass is 19.1. The molecule has 6 heteroatoms. The van der Waals surface area contributed by atoms with Crippen LogP contribution in [0.4, 0.5) is 4.39 Å². The van der Waals surface area contributed by atoms with E-state index in [-0.39, 0.29) is 18.7 Å². The van der Waals surface area contributed by atoms with Crippen molar-refractivity contribution in [2.45, 2.75) is 6.92 Å². The van der Waals surface area contributed by atoms with Crippen molar-refractivity contribution in [2.24, 2.45) is 0 Å². The molecule has 5 nitrogen and oxygen atoms in total. The molecular formula is C12H18FN3O2. The molecule has 0 saturated carbocycles. The van der Waals surface area contributed by atoms with Crippen molar-refractivity contribution in [3.05, 3.63) is 23.7 Å². The van der Waals surface area contributed by atoms with Crippen LogP contribution in [-0.4, -0.2) is 55.3 Å². The highest BCUT2D eigenvalue weighted by molar-refractivity contribution is 5.92. The molecule has 0 bridgehead atoms. The third-order valence-corrected chi connectivity index (χ3v) is 2.96. The van der Waals surface area contributed by atoms with Crippen LogP contribution in [0.1, 0.15) is 6.92 Å². The minimum absolute atomic E-state index is 0.0308. The second kappa shape index (κ2) is 5.97. The largest absolute Gasteiger partial charge is 0.462 e. The summed E-state index contributed by atoms with van der Waals surface area (Å²) in [5.41, 5.74) is 0.0308. The summed E-state index contributed by atoms with van der Waals surface area (Å²) in [6.45, 7) is 5.52. The summed E-state index contributed by atoms with van der Waals surface area (Å²) in [7, 11) is 0. The van der Waals surface area contributed by atoms with Crippen LogP contribution in [0.2, 0.25) is 0 Å². The van der Waals surface area contributed by atoms with E-state index < -0.39 is 11.8 Å². The molecule has 0 aromatic carbocycles. The van der Waals surface area contributed by atoms with E-state index in [1.54, 1.807) is 18.1 Å². The molecule has 0 aliphatic carbocycles. The Morgan fingerprint density at radius 3 is 2.83 bits per heavy atom. The number of hydrogen-bond acceptors (Lipinski definition) is 5. The molecule has 0 unspecified atom stereocenters. The summed E-state index contributed by atoms with van der Waals surface area (Å²) in [6, 6.07) is 0. The zero-order valence-electron chi connectivity index (χ0n) is 10.5. The third-order valence-electron chi connectivity index (χ3n) is 2.96. The van der Waals surface area contributed by atoms with Gasteiger partial charge in [0.15, 0.2) is 0 Å². The minimum atomic E-state index is -0.591. The Bertz CT molecular complexity index is 376. The second-order valence-corrected chi connectivity index (χ2v) is 4.16. The van der Waals surface area contributed by atoms with Crippen molar-refractivity contribution in [2.75, 3.05) is 39.3 Å². The van der Waals surface area contributed by atoms with Gasteiger partial charge in [-0.15, -0.1) is 0 Å². The molecule has 1 saturated heterocycles. The first-order chi connectivity index (χ1) is 8.72. The Hall–Kier alpha value is -1.40. The van der Waals surface area contributed by atoms with E-state index in [1.807, 2.05) is 0 Å². The molecule has 1 N–H and O–H groups in total. The molecule has 1 fully saturated rings. The average molecular weight is 255 g/mol. The van der Waals surface area contributed by atoms with Crippen LogP contribution in [0.15, 0.2) is 23.7 Å². The molecule has 0 amide bonds. The van der Waals surface area contributed by atoms with Crippen LogP contribution in [0, 0.1) is 0 Å². The summed E-state index contributed by atoms with van der Waals surface area (Å²) < 4.78 is 18.7. The first kappa shape index (κ1) is 13.0. The Morgan fingerprint density at radius 1 is 1.50 bits per heavy atom. The fraction of sp³-hybridized carbons (Fsp3) is 0.583. The quantitative estimate of drug-likeness (QED) is 0.741. The molecule has 2 heterocycles. The normalized spacial score (nSPS) is 21.3. The van der Waals surface area contributed by atoms with E-state index in [2.05, 4.69) is 10.3 Å². The number of hydrazine groups is 1. The van der Waals surface area contributed by atoms with Crippen molar-refractivity contribution >= 4 is 5.97 Å². The first-order valence-electron chi connectivity index (χ1n) is 6.18. The lowest BCUT2D eigenvalue weighted by Crippen LogP contribution is -2.51. The van der Waals surface area contributed by atoms with Gasteiger partial charge in [0.2, 0.25) is 0 Å². The topological polar surface area (TPSA) is 44.8 Å². The van der Waals surface area contributed by atoms with E-state index in [0.717, 1.165) is 26.2 Å². The summed E-state index contributed by atoms with van der Waals surface area (Å²) >= 11 is 0. The van der Waals surface area contributed by atoms with Crippen LogP contribution in [0.3, 0.4) is 0 Å². The molecule has 2 aliphatic heterocycles. The number of nitrogens with one attached hydrogen (secondary N) is 1. The fourth-order valence-electron chi connectivity index (χ4n) is 2.02. The lowest BCUT2D eigenvalue weighted by atomic mass is 10.2. The lowest BCUT2D eigenvalue weighted by molar-refractivity contribution is -0.138. The number of piperazine rings is 1. The van der Waals surface area contributed by atoms with E-state index in [9.17, 15) is 9.18 Å². The summed E-state index contributed by atoms with van der Waals surface area (Å²) in [4.78, 5) is 11.5. The number of ether oxygens (including phenoxy) is 1. The Labute approximate surface area is 106 Å². The maximum atomic E-state index is 13.9. The lowest BCUT2D eigenvalue weighted by Gasteiger charge is -2.37. The highest BCUT2D eigenvalue weighted by Gasteiger charge is 2.24. The third kappa shape index (κ3) is 2.88. The van der Waals surface area contributed by atoms with E-state index in [0.29, 0.717) is 0 Å². The zero-order valence-corrected chi connectivity index (χ0v) is 10.5. The maximum Gasteiger partial charge on any atom is 0.340 e. The van der Waals surface area contributed by atoms with E-state index >= 15 is 0 Å². The smallest absolute Gasteiger partial charge is 0.340 e. The minimum Gasteiger partial charge on any atom is -0.462 e. The van der Waals surface area contributed by atoms with Gasteiger partial charge in [0.25, 0.3) is 0 Å². The van der Waals surface area contributed by atoms with Crippen molar-refractivity contribution in [1.82, 2.24) is 15.3 Å². The zero-order chi connectivity index (χ0) is 13.0. The van der Waals surface area contributed by atoms with Crippen molar-refractivity contribution in [3.63, 3.8) is 0 Å². The molecule has 2 rings (SSSR count). The van der Waals surface area contributed by atoms with Crippen LogP contribution in [0.5, 0.6) is 0 Å². The predicted molar refractivity (Wildman–Crippen MR) is 65.1 cm³/mol. The maximum absolute atomic E-state index is 13.9. The molecule has 18 heavy (non-hydrogen) atoms. The van der Waals surface area contributed by atoms with Crippen LogP contribution < -0.4 is 5.32 Å². The van der Waals surface area contributed by atoms with Gasteiger partial charge < -0.3 is 15.1 Å². The van der Waals surface area contributed by atoms with E-state index in [1.165, 1.54) is 6.08 Å². The molecule has 2 aliphatic rings. The van der Waals surface area contributed by atoms with Crippen molar-refractivity contribution < 1.29 is 13.9 Å². The van der Waals surface area contributed by atoms with Crippen LogP contribution >= 0.6 is 0 Å². The van der Waals surface area contributed by atoms with Gasteiger partial charge in [-0.1, -0.05) is 0 Å². The second-order valence-electron chi connectivity index (χ2n) is 4.16. The monoisotopic (exact) mass is 255 g/mol. The molecule has 0 aromatic rings. The van der Waals surface area contributed by atoms with Gasteiger partial charge in [-0.25, -0.2) is 14.2 Å². The van der Waals surface area contributed by atoms with E-state index in [4.69, 9.17) is 4.74 Å². The standard InChI is InChI=1S/C12H18FN3O2/c1-2-18-12(17)10-3-6-16(9-11(10)13)15-7-4-14-5-8-15/h3,6,14H,2,4-5,7-9H2,1H3.